The lowest BCUT2D eigenvalue weighted by Crippen LogP contribution is -2.28. The number of ether oxygens (including phenoxy) is 2. The summed E-state index contributed by atoms with van der Waals surface area (Å²) in [5, 5.41) is 3.63. The zero-order chi connectivity index (χ0) is 24.0. The predicted octanol–water partition coefficient (Wildman–Crippen LogP) is 5.94. The van der Waals surface area contributed by atoms with Crippen LogP contribution in [0.1, 0.15) is 33.9 Å². The molecule has 1 aliphatic rings. The van der Waals surface area contributed by atoms with Gasteiger partial charge in [0.1, 0.15) is 12.9 Å². The molecular formula is C30H29N3O2. The van der Waals surface area contributed by atoms with Crippen molar-refractivity contribution >= 4 is 6.08 Å². The first-order chi connectivity index (χ1) is 17.2. The average molecular weight is 464 g/mol. The van der Waals surface area contributed by atoms with Crippen molar-refractivity contribution < 1.29 is 9.47 Å². The van der Waals surface area contributed by atoms with Gasteiger partial charge in [-0.1, -0.05) is 60.7 Å². The van der Waals surface area contributed by atoms with Gasteiger partial charge in [-0.3, -0.25) is 0 Å². The molecule has 1 atom stereocenters. The number of fused-ring (bicyclic) bond motifs is 1. The van der Waals surface area contributed by atoms with Gasteiger partial charge >= 0.3 is 0 Å². The maximum absolute atomic E-state index is 6.14. The number of aryl methyl sites for hydroxylation is 1. The third-order valence-electron chi connectivity index (χ3n) is 6.39. The highest BCUT2D eigenvalue weighted by Gasteiger charge is 2.21. The van der Waals surface area contributed by atoms with Gasteiger partial charge < -0.3 is 14.8 Å². The molecule has 0 radical (unpaired) electrons. The highest BCUT2D eigenvalue weighted by atomic mass is 16.5. The number of nitrogens with one attached hydrogen (secondary N) is 1. The van der Waals surface area contributed by atoms with E-state index >= 15 is 0 Å². The zero-order valence-electron chi connectivity index (χ0n) is 20.1. The molecule has 2 heterocycles. The molecule has 5 rings (SSSR count). The molecule has 1 aliphatic heterocycles. The van der Waals surface area contributed by atoms with Gasteiger partial charge in [0.15, 0.2) is 11.5 Å². The summed E-state index contributed by atoms with van der Waals surface area (Å²) in [6.45, 7) is 3.56. The lowest BCUT2D eigenvalue weighted by atomic mass is 9.92. The summed E-state index contributed by atoms with van der Waals surface area (Å²) >= 11 is 0. The van der Waals surface area contributed by atoms with E-state index in [1.54, 1.807) is 13.4 Å². The first-order valence-corrected chi connectivity index (χ1v) is 11.9. The number of rotatable bonds is 7. The van der Waals surface area contributed by atoms with E-state index in [0.29, 0.717) is 6.61 Å². The lowest BCUT2D eigenvalue weighted by Gasteiger charge is -2.26. The molecule has 0 fully saturated rings. The molecule has 0 spiro atoms. The molecule has 5 heteroatoms. The predicted molar refractivity (Wildman–Crippen MR) is 139 cm³/mol. The Morgan fingerprint density at radius 1 is 0.971 bits per heavy atom. The third-order valence-corrected chi connectivity index (χ3v) is 6.39. The van der Waals surface area contributed by atoms with Crippen molar-refractivity contribution in [1.82, 2.24) is 15.3 Å². The third kappa shape index (κ3) is 5.26. The molecule has 5 nitrogen and oxygen atoms in total. The van der Waals surface area contributed by atoms with E-state index in [4.69, 9.17) is 9.47 Å². The second-order valence-electron chi connectivity index (χ2n) is 8.72. The van der Waals surface area contributed by atoms with Crippen molar-refractivity contribution in [2.75, 3.05) is 13.7 Å². The van der Waals surface area contributed by atoms with E-state index in [-0.39, 0.29) is 6.04 Å². The van der Waals surface area contributed by atoms with Crippen molar-refractivity contribution in [3.8, 4) is 22.6 Å². The van der Waals surface area contributed by atoms with Crippen LogP contribution in [-0.4, -0.2) is 23.6 Å². The molecule has 35 heavy (non-hydrogen) atoms. The number of hydrogen-bond donors (Lipinski definition) is 1. The summed E-state index contributed by atoms with van der Waals surface area (Å²) in [6, 6.07) is 21.0. The van der Waals surface area contributed by atoms with Gasteiger partial charge in [0.25, 0.3) is 0 Å². The van der Waals surface area contributed by atoms with Crippen LogP contribution < -0.4 is 14.8 Å². The van der Waals surface area contributed by atoms with E-state index in [1.165, 1.54) is 22.3 Å². The molecule has 0 saturated heterocycles. The topological polar surface area (TPSA) is 56.3 Å². The Morgan fingerprint density at radius 2 is 1.80 bits per heavy atom. The molecule has 0 saturated carbocycles. The average Bonchev–Trinajstić information content (AvgIpc) is 2.91. The van der Waals surface area contributed by atoms with E-state index in [2.05, 4.69) is 76.8 Å². The second kappa shape index (κ2) is 10.5. The monoisotopic (exact) mass is 463 g/mol. The largest absolute Gasteiger partial charge is 0.493 e. The van der Waals surface area contributed by atoms with Gasteiger partial charge in [0.2, 0.25) is 0 Å². The normalized spacial score (nSPS) is 15.1. The van der Waals surface area contributed by atoms with Crippen molar-refractivity contribution in [2.45, 2.75) is 26.0 Å². The first-order valence-electron chi connectivity index (χ1n) is 11.9. The fraction of sp³-hybridized carbons (Fsp3) is 0.200. The molecule has 3 aromatic carbocycles. The van der Waals surface area contributed by atoms with E-state index < -0.39 is 0 Å². The summed E-state index contributed by atoms with van der Waals surface area (Å²) in [4.78, 5) is 8.25. The number of benzene rings is 3. The van der Waals surface area contributed by atoms with Crippen molar-refractivity contribution in [2.24, 2.45) is 0 Å². The highest BCUT2D eigenvalue weighted by molar-refractivity contribution is 5.67. The minimum atomic E-state index is 0.109. The van der Waals surface area contributed by atoms with Gasteiger partial charge in [-0.25, -0.2) is 9.97 Å². The Kier molecular flexibility index (Phi) is 6.87. The molecular weight excluding hydrogens is 434 g/mol. The Morgan fingerprint density at radius 3 is 2.57 bits per heavy atom. The number of aromatic nitrogens is 2. The van der Waals surface area contributed by atoms with Crippen LogP contribution in [0.25, 0.3) is 17.2 Å². The molecule has 0 aliphatic carbocycles. The molecule has 1 aromatic heterocycles. The van der Waals surface area contributed by atoms with Crippen molar-refractivity contribution in [3.63, 3.8) is 0 Å². The van der Waals surface area contributed by atoms with Crippen LogP contribution in [0.2, 0.25) is 0 Å². The molecule has 1 unspecified atom stereocenters. The lowest BCUT2D eigenvalue weighted by molar-refractivity contribution is 0.283. The number of nitrogens with zero attached hydrogens (tertiary/aromatic N) is 2. The summed E-state index contributed by atoms with van der Waals surface area (Å²) in [7, 11) is 1.70. The molecule has 0 bridgehead atoms. The maximum Gasteiger partial charge on any atom is 0.161 e. The minimum absolute atomic E-state index is 0.109. The summed E-state index contributed by atoms with van der Waals surface area (Å²) in [5.41, 5.74) is 8.19. The van der Waals surface area contributed by atoms with Crippen LogP contribution in [-0.2, 0) is 13.0 Å². The highest BCUT2D eigenvalue weighted by Crippen LogP contribution is 2.36. The van der Waals surface area contributed by atoms with E-state index in [1.807, 2.05) is 30.6 Å². The summed E-state index contributed by atoms with van der Waals surface area (Å²) < 4.78 is 11.8. The first kappa shape index (κ1) is 22.8. The number of hydrogen-bond acceptors (Lipinski definition) is 5. The number of methoxy groups -OCH3 is 1. The van der Waals surface area contributed by atoms with Crippen molar-refractivity contribution in [1.29, 1.82) is 0 Å². The smallest absolute Gasteiger partial charge is 0.161 e. The van der Waals surface area contributed by atoms with Gasteiger partial charge in [0.05, 0.1) is 13.2 Å². The fourth-order valence-corrected chi connectivity index (χ4v) is 4.47. The van der Waals surface area contributed by atoms with Gasteiger partial charge in [-0.05, 0) is 58.9 Å². The van der Waals surface area contributed by atoms with Crippen LogP contribution in [0.3, 0.4) is 0 Å². The minimum Gasteiger partial charge on any atom is -0.493 e. The van der Waals surface area contributed by atoms with Crippen LogP contribution in [0.15, 0.2) is 85.5 Å². The Labute approximate surface area is 206 Å². The fourth-order valence-electron chi connectivity index (χ4n) is 4.47. The molecule has 0 amide bonds. The molecule has 4 aromatic rings. The van der Waals surface area contributed by atoms with Crippen LogP contribution in [0.5, 0.6) is 11.5 Å². The standard InChI is InChI=1S/C30H29N3O2/c1-21-14-24(26-17-31-20-32-18-26)9-8-23(21)10-11-28-27-16-29(34-2)30(15-25(27)12-13-33-28)35-19-22-6-4-3-5-7-22/h3-11,14-18,20,28,33H,12-13,19H2,1-2H3/b11-10+. The maximum atomic E-state index is 6.14. The Bertz CT molecular complexity index is 1320. The Hall–Kier alpha value is -3.96. The molecule has 176 valence electrons. The van der Waals surface area contributed by atoms with E-state index in [0.717, 1.165) is 41.2 Å². The van der Waals surface area contributed by atoms with Crippen LogP contribution in [0.4, 0.5) is 0 Å². The second-order valence-corrected chi connectivity index (χ2v) is 8.72. The summed E-state index contributed by atoms with van der Waals surface area (Å²) in [5.74, 6) is 1.54. The van der Waals surface area contributed by atoms with Gasteiger partial charge in [-0.15, -0.1) is 0 Å². The van der Waals surface area contributed by atoms with Gasteiger partial charge in [-0.2, -0.15) is 0 Å². The van der Waals surface area contributed by atoms with E-state index in [9.17, 15) is 0 Å². The molecule has 1 N–H and O–H groups in total. The Balaban J connectivity index is 1.36. The van der Waals surface area contributed by atoms with Crippen LogP contribution >= 0.6 is 0 Å². The zero-order valence-corrected chi connectivity index (χ0v) is 20.1. The summed E-state index contributed by atoms with van der Waals surface area (Å²) in [6.07, 6.45) is 10.6. The van der Waals surface area contributed by atoms with Crippen LogP contribution in [0, 0.1) is 6.92 Å². The van der Waals surface area contributed by atoms with Gasteiger partial charge in [0, 0.05) is 24.5 Å². The SMILES string of the molecule is COc1cc2c(cc1OCc1ccccc1)CCNC2/C=C/c1ccc(-c2cncnc2)cc1C. The van der Waals surface area contributed by atoms with Crippen molar-refractivity contribution in [3.05, 3.63) is 113 Å². The quantitative estimate of drug-likeness (QED) is 0.368.